The van der Waals surface area contributed by atoms with E-state index in [2.05, 4.69) is 15.4 Å². The Kier molecular flexibility index (Phi) is 4.54. The number of nitrogens with zero attached hydrogens (tertiary/aromatic N) is 3. The molecule has 0 bridgehead atoms. The molecule has 10 heteroatoms. The first-order valence-corrected chi connectivity index (χ1v) is 12.3. The molecular formula is C19H20N4O4S2. The van der Waals surface area contributed by atoms with Crippen molar-refractivity contribution in [2.24, 2.45) is 0 Å². The quantitative estimate of drug-likeness (QED) is 0.679. The van der Waals surface area contributed by atoms with E-state index in [1.807, 2.05) is 0 Å². The van der Waals surface area contributed by atoms with Gasteiger partial charge in [-0.25, -0.2) is 13.4 Å². The van der Waals surface area contributed by atoms with E-state index in [1.165, 1.54) is 22.5 Å². The molecule has 3 aromatic rings. The SMILES string of the molecule is O=C(Nc1nc2c(s1)CCCC2)c1cc(-c2ccco2)n(C2CCS(=O)(=O)C2)n1. The van der Waals surface area contributed by atoms with Crippen LogP contribution in [0.15, 0.2) is 28.9 Å². The number of furan rings is 1. The molecule has 2 aliphatic rings. The van der Waals surface area contributed by atoms with Crippen LogP contribution in [0, 0.1) is 0 Å². The molecule has 0 spiro atoms. The van der Waals surface area contributed by atoms with Crippen molar-refractivity contribution in [2.75, 3.05) is 16.8 Å². The fourth-order valence-electron chi connectivity index (χ4n) is 3.93. The first-order chi connectivity index (χ1) is 14.0. The Balaban J connectivity index is 1.44. The molecule has 0 saturated carbocycles. The van der Waals surface area contributed by atoms with Gasteiger partial charge in [-0.2, -0.15) is 5.10 Å². The lowest BCUT2D eigenvalue weighted by Crippen LogP contribution is -2.16. The lowest BCUT2D eigenvalue weighted by Gasteiger charge is -2.11. The first-order valence-electron chi connectivity index (χ1n) is 9.62. The average Bonchev–Trinajstić information content (AvgIpc) is 3.46. The molecule has 1 saturated heterocycles. The first kappa shape index (κ1) is 18.6. The molecule has 29 heavy (non-hydrogen) atoms. The fraction of sp³-hybridized carbons (Fsp3) is 0.421. The Morgan fingerprint density at radius 1 is 1.31 bits per heavy atom. The van der Waals surface area contributed by atoms with E-state index in [4.69, 9.17) is 4.42 Å². The molecule has 1 fully saturated rings. The average molecular weight is 433 g/mol. The third-order valence-corrected chi connectivity index (χ3v) is 8.19. The highest BCUT2D eigenvalue weighted by molar-refractivity contribution is 7.91. The lowest BCUT2D eigenvalue weighted by molar-refractivity contribution is 0.102. The number of fused-ring (bicyclic) bond motifs is 1. The molecule has 1 aliphatic carbocycles. The molecule has 8 nitrogen and oxygen atoms in total. The number of thiazole rings is 1. The molecular weight excluding hydrogens is 412 g/mol. The second-order valence-corrected chi connectivity index (χ2v) is 10.8. The van der Waals surface area contributed by atoms with Gasteiger partial charge < -0.3 is 4.42 Å². The van der Waals surface area contributed by atoms with Crippen LogP contribution < -0.4 is 5.32 Å². The minimum atomic E-state index is -3.09. The van der Waals surface area contributed by atoms with Crippen molar-refractivity contribution in [3.05, 3.63) is 40.7 Å². The van der Waals surface area contributed by atoms with Crippen LogP contribution in [0.3, 0.4) is 0 Å². The molecule has 1 amide bonds. The van der Waals surface area contributed by atoms with Crippen LogP contribution in [-0.2, 0) is 22.7 Å². The summed E-state index contributed by atoms with van der Waals surface area (Å²) < 4.78 is 31.0. The van der Waals surface area contributed by atoms with Crippen molar-refractivity contribution in [3.8, 4) is 11.5 Å². The highest BCUT2D eigenvalue weighted by Gasteiger charge is 2.32. The van der Waals surface area contributed by atoms with Crippen molar-refractivity contribution in [3.63, 3.8) is 0 Å². The van der Waals surface area contributed by atoms with Crippen LogP contribution in [0.25, 0.3) is 11.5 Å². The summed E-state index contributed by atoms with van der Waals surface area (Å²) in [6.45, 7) is 0. The van der Waals surface area contributed by atoms with Crippen LogP contribution in [0.2, 0.25) is 0 Å². The van der Waals surface area contributed by atoms with Gasteiger partial charge in [-0.05, 0) is 44.2 Å². The number of nitrogens with one attached hydrogen (secondary N) is 1. The van der Waals surface area contributed by atoms with E-state index in [-0.39, 0.29) is 29.1 Å². The van der Waals surface area contributed by atoms with Gasteiger partial charge in [0.1, 0.15) is 5.69 Å². The molecule has 1 N–H and O–H groups in total. The Hall–Kier alpha value is -2.46. The zero-order valence-corrected chi connectivity index (χ0v) is 17.3. The summed E-state index contributed by atoms with van der Waals surface area (Å²) in [6, 6.07) is 4.85. The summed E-state index contributed by atoms with van der Waals surface area (Å²) in [6.07, 6.45) is 6.26. The van der Waals surface area contributed by atoms with Crippen LogP contribution in [0.5, 0.6) is 0 Å². The zero-order valence-electron chi connectivity index (χ0n) is 15.6. The number of anilines is 1. The molecule has 0 radical (unpaired) electrons. The Labute approximate surface area is 171 Å². The number of carbonyl (C=O) groups excluding carboxylic acids is 1. The highest BCUT2D eigenvalue weighted by atomic mass is 32.2. The highest BCUT2D eigenvalue weighted by Crippen LogP contribution is 2.32. The lowest BCUT2D eigenvalue weighted by atomic mass is 10.0. The molecule has 152 valence electrons. The van der Waals surface area contributed by atoms with E-state index >= 15 is 0 Å². The molecule has 1 atom stereocenters. The van der Waals surface area contributed by atoms with Crippen molar-refractivity contribution < 1.29 is 17.6 Å². The van der Waals surface area contributed by atoms with Crippen LogP contribution in [0.1, 0.15) is 46.4 Å². The largest absolute Gasteiger partial charge is 0.463 e. The maximum Gasteiger partial charge on any atom is 0.277 e. The number of rotatable bonds is 4. The predicted molar refractivity (Wildman–Crippen MR) is 109 cm³/mol. The number of amides is 1. The number of aromatic nitrogens is 3. The third-order valence-electron chi connectivity index (χ3n) is 5.36. The molecule has 0 aromatic carbocycles. The Morgan fingerprint density at radius 2 is 2.17 bits per heavy atom. The van der Waals surface area contributed by atoms with Crippen molar-refractivity contribution in [1.29, 1.82) is 0 Å². The second-order valence-electron chi connectivity index (χ2n) is 7.44. The molecule has 1 aliphatic heterocycles. The van der Waals surface area contributed by atoms with E-state index in [1.54, 1.807) is 22.9 Å². The molecule has 4 heterocycles. The van der Waals surface area contributed by atoms with Crippen molar-refractivity contribution in [2.45, 2.75) is 38.1 Å². The van der Waals surface area contributed by atoms with E-state index < -0.39 is 9.84 Å². The van der Waals surface area contributed by atoms with Gasteiger partial charge in [0.15, 0.2) is 26.4 Å². The van der Waals surface area contributed by atoms with Crippen molar-refractivity contribution in [1.82, 2.24) is 14.8 Å². The predicted octanol–water partition coefficient (Wildman–Crippen LogP) is 3.09. The third kappa shape index (κ3) is 3.62. The monoisotopic (exact) mass is 432 g/mol. The van der Waals surface area contributed by atoms with E-state index in [0.717, 1.165) is 31.4 Å². The maximum atomic E-state index is 12.8. The van der Waals surface area contributed by atoms with E-state index in [0.29, 0.717) is 23.0 Å². The molecule has 1 unspecified atom stereocenters. The number of hydrogen-bond acceptors (Lipinski definition) is 7. The van der Waals surface area contributed by atoms with Gasteiger partial charge in [0.25, 0.3) is 5.91 Å². The smallest absolute Gasteiger partial charge is 0.277 e. The summed E-state index contributed by atoms with van der Waals surface area (Å²) in [4.78, 5) is 18.6. The van der Waals surface area contributed by atoms with Crippen LogP contribution in [0.4, 0.5) is 5.13 Å². The van der Waals surface area contributed by atoms with Gasteiger partial charge in [0.2, 0.25) is 0 Å². The van der Waals surface area contributed by atoms with Crippen LogP contribution >= 0.6 is 11.3 Å². The van der Waals surface area contributed by atoms with Gasteiger partial charge in [-0.3, -0.25) is 14.8 Å². The van der Waals surface area contributed by atoms with Gasteiger partial charge in [-0.1, -0.05) is 0 Å². The number of hydrogen-bond donors (Lipinski definition) is 1. The summed E-state index contributed by atoms with van der Waals surface area (Å²) >= 11 is 1.52. The molecule has 3 aromatic heterocycles. The minimum Gasteiger partial charge on any atom is -0.463 e. The summed E-state index contributed by atoms with van der Waals surface area (Å²) in [5, 5.41) is 7.88. The summed E-state index contributed by atoms with van der Waals surface area (Å²) in [7, 11) is -3.09. The fourth-order valence-corrected chi connectivity index (χ4v) is 6.66. The number of aryl methyl sites for hydroxylation is 2. The Bertz CT molecular complexity index is 1140. The minimum absolute atomic E-state index is 0.0165. The number of carbonyl (C=O) groups is 1. The van der Waals surface area contributed by atoms with Gasteiger partial charge in [0.05, 0.1) is 29.5 Å². The number of sulfone groups is 1. The van der Waals surface area contributed by atoms with E-state index in [9.17, 15) is 13.2 Å². The maximum absolute atomic E-state index is 12.8. The second kappa shape index (κ2) is 7.10. The van der Waals surface area contributed by atoms with Gasteiger partial charge in [-0.15, -0.1) is 11.3 Å². The molecule has 5 rings (SSSR count). The zero-order chi connectivity index (χ0) is 20.0. The normalized spacial score (nSPS) is 20.5. The standard InChI is InChI=1S/C19H20N4O4S2/c24-18(21-19-20-13-4-1-2-6-17(13)28-19)14-10-15(16-5-3-8-27-16)23(22-14)12-7-9-29(25,26)11-12/h3,5,8,10,12H,1-2,4,6-7,9,11H2,(H,20,21,24). The summed E-state index contributed by atoms with van der Waals surface area (Å²) in [5.74, 6) is 0.332. The van der Waals surface area contributed by atoms with Crippen LogP contribution in [-0.4, -0.2) is 40.6 Å². The summed E-state index contributed by atoms with van der Waals surface area (Å²) in [5.41, 5.74) is 1.89. The Morgan fingerprint density at radius 3 is 2.90 bits per heavy atom. The van der Waals surface area contributed by atoms with Crippen molar-refractivity contribution >= 4 is 32.2 Å². The topological polar surface area (TPSA) is 107 Å². The van der Waals surface area contributed by atoms with Gasteiger partial charge in [0, 0.05) is 10.9 Å². The van der Waals surface area contributed by atoms with Gasteiger partial charge >= 0.3 is 0 Å².